The molecular weight excluding hydrogens is 188 g/mol. The smallest absolute Gasteiger partial charge is 0.410 e. The van der Waals surface area contributed by atoms with Crippen LogP contribution in [0.25, 0.3) is 0 Å². The quantitative estimate of drug-likeness (QED) is 0.547. The SMILES string of the molecule is COC(=O)[C@@H]1NCCN2C(=O)OC[C@H]12. The Hall–Kier alpha value is -1.30. The van der Waals surface area contributed by atoms with E-state index >= 15 is 0 Å². The molecule has 14 heavy (non-hydrogen) atoms. The standard InChI is InChI=1S/C8H12N2O4/c1-13-7(11)6-5-4-14-8(12)10(5)3-2-9-6/h5-6,9H,2-4H2,1H3/t5-,6-/m1/s1. The lowest BCUT2D eigenvalue weighted by Crippen LogP contribution is -2.60. The maximum Gasteiger partial charge on any atom is 0.410 e. The number of nitrogens with one attached hydrogen (secondary N) is 1. The van der Waals surface area contributed by atoms with Gasteiger partial charge in [0.05, 0.1) is 13.2 Å². The lowest BCUT2D eigenvalue weighted by molar-refractivity contribution is -0.145. The zero-order valence-corrected chi connectivity index (χ0v) is 7.86. The van der Waals surface area contributed by atoms with E-state index in [0.717, 1.165) is 0 Å². The van der Waals surface area contributed by atoms with E-state index in [4.69, 9.17) is 4.74 Å². The maximum absolute atomic E-state index is 11.3. The van der Waals surface area contributed by atoms with E-state index < -0.39 is 6.04 Å². The fourth-order valence-corrected chi connectivity index (χ4v) is 1.84. The summed E-state index contributed by atoms with van der Waals surface area (Å²) in [6, 6.07) is -0.677. The summed E-state index contributed by atoms with van der Waals surface area (Å²) in [7, 11) is 1.33. The molecule has 2 aliphatic rings. The Morgan fingerprint density at radius 2 is 2.50 bits per heavy atom. The van der Waals surface area contributed by atoms with Crippen LogP contribution in [0.5, 0.6) is 0 Å². The fourth-order valence-electron chi connectivity index (χ4n) is 1.84. The summed E-state index contributed by atoms with van der Waals surface area (Å²) in [5.41, 5.74) is 0. The van der Waals surface area contributed by atoms with Crippen LogP contribution in [0.1, 0.15) is 0 Å². The van der Waals surface area contributed by atoms with E-state index in [9.17, 15) is 9.59 Å². The fraction of sp³-hybridized carbons (Fsp3) is 0.750. The molecule has 2 saturated heterocycles. The summed E-state index contributed by atoms with van der Waals surface area (Å²) in [6.45, 7) is 1.42. The van der Waals surface area contributed by atoms with Crippen LogP contribution >= 0.6 is 0 Å². The van der Waals surface area contributed by atoms with Crippen molar-refractivity contribution in [3.05, 3.63) is 0 Å². The minimum Gasteiger partial charge on any atom is -0.468 e. The van der Waals surface area contributed by atoms with Crippen LogP contribution in [-0.4, -0.2) is 55.9 Å². The van der Waals surface area contributed by atoms with Crippen molar-refractivity contribution in [2.75, 3.05) is 26.8 Å². The Labute approximate surface area is 81.1 Å². The molecule has 0 saturated carbocycles. The molecule has 1 N–H and O–H groups in total. The van der Waals surface area contributed by atoms with Gasteiger partial charge in [-0.05, 0) is 0 Å². The Bertz CT molecular complexity index is 268. The van der Waals surface area contributed by atoms with Crippen LogP contribution in [0, 0.1) is 0 Å². The number of hydrogen-bond donors (Lipinski definition) is 1. The summed E-state index contributed by atoms with van der Waals surface area (Å²) >= 11 is 0. The lowest BCUT2D eigenvalue weighted by atomic mass is 10.1. The first kappa shape index (κ1) is 9.26. The number of fused-ring (bicyclic) bond motifs is 1. The van der Waals surface area contributed by atoms with Gasteiger partial charge in [0.25, 0.3) is 0 Å². The van der Waals surface area contributed by atoms with E-state index in [1.807, 2.05) is 0 Å². The third-order valence-corrected chi connectivity index (χ3v) is 2.57. The van der Waals surface area contributed by atoms with E-state index in [-0.39, 0.29) is 24.7 Å². The Morgan fingerprint density at radius 3 is 3.21 bits per heavy atom. The molecule has 0 bridgehead atoms. The molecule has 0 aromatic carbocycles. The first-order chi connectivity index (χ1) is 6.74. The van der Waals surface area contributed by atoms with Gasteiger partial charge in [-0.1, -0.05) is 0 Å². The number of cyclic esters (lactones) is 1. The molecule has 78 valence electrons. The van der Waals surface area contributed by atoms with E-state index in [1.165, 1.54) is 7.11 Å². The second-order valence-corrected chi connectivity index (χ2v) is 3.29. The number of rotatable bonds is 1. The van der Waals surface area contributed by atoms with Crippen molar-refractivity contribution < 1.29 is 19.1 Å². The zero-order chi connectivity index (χ0) is 10.1. The molecule has 0 aliphatic carbocycles. The number of carbonyl (C=O) groups is 2. The van der Waals surface area contributed by atoms with Crippen molar-refractivity contribution in [3.63, 3.8) is 0 Å². The lowest BCUT2D eigenvalue weighted by Gasteiger charge is -2.33. The minimum atomic E-state index is -0.458. The normalized spacial score (nSPS) is 30.9. The van der Waals surface area contributed by atoms with Gasteiger partial charge >= 0.3 is 12.1 Å². The molecule has 2 rings (SSSR count). The van der Waals surface area contributed by atoms with Crippen molar-refractivity contribution in [1.29, 1.82) is 0 Å². The highest BCUT2D eigenvalue weighted by Crippen LogP contribution is 2.18. The Balaban J connectivity index is 2.12. The van der Waals surface area contributed by atoms with Gasteiger partial charge in [-0.3, -0.25) is 9.69 Å². The topological polar surface area (TPSA) is 67.9 Å². The van der Waals surface area contributed by atoms with Gasteiger partial charge in [-0.2, -0.15) is 0 Å². The predicted molar refractivity (Wildman–Crippen MR) is 45.6 cm³/mol. The van der Waals surface area contributed by atoms with Crippen molar-refractivity contribution >= 4 is 12.1 Å². The molecule has 0 radical (unpaired) electrons. The van der Waals surface area contributed by atoms with Gasteiger partial charge in [-0.25, -0.2) is 4.79 Å². The molecular formula is C8H12N2O4. The maximum atomic E-state index is 11.3. The predicted octanol–water partition coefficient (Wildman–Crippen LogP) is -1.05. The van der Waals surface area contributed by atoms with Gasteiger partial charge in [0.2, 0.25) is 0 Å². The molecule has 2 atom stereocenters. The highest BCUT2D eigenvalue weighted by Gasteiger charge is 2.44. The van der Waals surface area contributed by atoms with Crippen LogP contribution in [-0.2, 0) is 14.3 Å². The van der Waals surface area contributed by atoms with E-state index in [2.05, 4.69) is 10.1 Å². The average Bonchev–Trinajstić information content (AvgIpc) is 2.59. The molecule has 2 heterocycles. The summed E-state index contributed by atoms with van der Waals surface area (Å²) in [5, 5.41) is 3.01. The first-order valence-electron chi connectivity index (χ1n) is 4.48. The van der Waals surface area contributed by atoms with Gasteiger partial charge in [0.1, 0.15) is 12.6 Å². The number of hydrogen-bond acceptors (Lipinski definition) is 5. The number of piperazine rings is 1. The van der Waals surface area contributed by atoms with Gasteiger partial charge in [0, 0.05) is 13.1 Å². The average molecular weight is 200 g/mol. The third-order valence-electron chi connectivity index (χ3n) is 2.57. The van der Waals surface area contributed by atoms with Crippen molar-refractivity contribution in [1.82, 2.24) is 10.2 Å². The summed E-state index contributed by atoms with van der Waals surface area (Å²) < 4.78 is 9.50. The summed E-state index contributed by atoms with van der Waals surface area (Å²) in [4.78, 5) is 24.1. The molecule has 0 unspecified atom stereocenters. The zero-order valence-electron chi connectivity index (χ0n) is 7.86. The molecule has 0 aromatic rings. The van der Waals surface area contributed by atoms with Gasteiger partial charge in [0.15, 0.2) is 0 Å². The number of carbonyl (C=O) groups excluding carboxylic acids is 2. The van der Waals surface area contributed by atoms with E-state index in [0.29, 0.717) is 13.1 Å². The van der Waals surface area contributed by atoms with E-state index in [1.54, 1.807) is 4.90 Å². The summed E-state index contributed by atoms with van der Waals surface area (Å²) in [5.74, 6) is -0.349. The van der Waals surface area contributed by atoms with Gasteiger partial charge < -0.3 is 14.8 Å². The molecule has 1 amide bonds. The molecule has 0 aromatic heterocycles. The van der Waals surface area contributed by atoms with Crippen LogP contribution in [0.4, 0.5) is 4.79 Å². The monoisotopic (exact) mass is 200 g/mol. The number of methoxy groups -OCH3 is 1. The van der Waals surface area contributed by atoms with Crippen LogP contribution in [0.3, 0.4) is 0 Å². The van der Waals surface area contributed by atoms with Crippen molar-refractivity contribution in [2.45, 2.75) is 12.1 Å². The number of amides is 1. The number of esters is 1. The second-order valence-electron chi connectivity index (χ2n) is 3.29. The molecule has 0 spiro atoms. The first-order valence-corrected chi connectivity index (χ1v) is 4.48. The Morgan fingerprint density at radius 1 is 1.71 bits per heavy atom. The van der Waals surface area contributed by atoms with Crippen molar-refractivity contribution in [2.24, 2.45) is 0 Å². The van der Waals surface area contributed by atoms with Crippen molar-refractivity contribution in [3.8, 4) is 0 Å². The highest BCUT2D eigenvalue weighted by atomic mass is 16.6. The minimum absolute atomic E-state index is 0.219. The molecule has 2 fully saturated rings. The largest absolute Gasteiger partial charge is 0.468 e. The number of ether oxygens (including phenoxy) is 2. The van der Waals surface area contributed by atoms with Crippen LogP contribution < -0.4 is 5.32 Å². The highest BCUT2D eigenvalue weighted by molar-refractivity contribution is 5.79. The molecule has 2 aliphatic heterocycles. The van der Waals surface area contributed by atoms with Crippen LogP contribution in [0.15, 0.2) is 0 Å². The molecule has 6 heteroatoms. The second kappa shape index (κ2) is 3.45. The Kier molecular flexibility index (Phi) is 2.28. The van der Waals surface area contributed by atoms with Gasteiger partial charge in [-0.15, -0.1) is 0 Å². The third kappa shape index (κ3) is 1.31. The van der Waals surface area contributed by atoms with Crippen LogP contribution in [0.2, 0.25) is 0 Å². The molecule has 6 nitrogen and oxygen atoms in total. The summed E-state index contributed by atoms with van der Waals surface area (Å²) in [6.07, 6.45) is -0.342. The number of nitrogens with zero attached hydrogens (tertiary/aromatic N) is 1.